The van der Waals surface area contributed by atoms with E-state index in [2.05, 4.69) is 19.2 Å². The highest BCUT2D eigenvalue weighted by atomic mass is 16.3. The summed E-state index contributed by atoms with van der Waals surface area (Å²) in [5.74, 6) is -0.505. The molecule has 0 aromatic carbocycles. The highest BCUT2D eigenvalue weighted by Crippen LogP contribution is 2.15. The van der Waals surface area contributed by atoms with Gasteiger partial charge in [0.2, 0.25) is 5.91 Å². The summed E-state index contributed by atoms with van der Waals surface area (Å²) in [6.07, 6.45) is 38.1. The van der Waals surface area contributed by atoms with Crippen molar-refractivity contribution in [3.63, 3.8) is 0 Å². The van der Waals surface area contributed by atoms with Gasteiger partial charge in [-0.3, -0.25) is 4.79 Å². The monoisotopic (exact) mass is 610 g/mol. The molecule has 0 fully saturated rings. The Morgan fingerprint density at radius 1 is 0.558 bits per heavy atom. The number of aliphatic hydroxyl groups excluding tert-OH is 3. The zero-order valence-corrected chi connectivity index (χ0v) is 28.8. The van der Waals surface area contributed by atoms with Crippen LogP contribution in [0, 0.1) is 0 Å². The van der Waals surface area contributed by atoms with Crippen molar-refractivity contribution in [1.82, 2.24) is 5.32 Å². The smallest absolute Gasteiger partial charge is 0.249 e. The van der Waals surface area contributed by atoms with E-state index in [9.17, 15) is 20.1 Å². The molecule has 0 aliphatic carbocycles. The molecule has 3 unspecified atom stereocenters. The first-order chi connectivity index (χ1) is 21.1. The highest BCUT2D eigenvalue weighted by molar-refractivity contribution is 5.80. The first-order valence-electron chi connectivity index (χ1n) is 19.0. The number of carbonyl (C=O) groups excluding carboxylic acids is 1. The van der Waals surface area contributed by atoms with Gasteiger partial charge in [0.1, 0.15) is 6.10 Å². The SMILES string of the molecule is CCCCCCCCCCCCCCCCCCCC/C=C/C(O)C(CO)NC(=O)C(O)CCCCCCCCCCC. The number of nitrogens with one attached hydrogen (secondary N) is 1. The fourth-order valence-electron chi connectivity index (χ4n) is 5.83. The lowest BCUT2D eigenvalue weighted by Crippen LogP contribution is -2.48. The Kier molecular flexibility index (Phi) is 33.3. The molecule has 0 saturated heterocycles. The molecule has 256 valence electrons. The Morgan fingerprint density at radius 3 is 1.28 bits per heavy atom. The van der Waals surface area contributed by atoms with E-state index in [1.807, 2.05) is 6.08 Å². The van der Waals surface area contributed by atoms with Crippen LogP contribution in [0.5, 0.6) is 0 Å². The Balaban J connectivity index is 3.66. The topological polar surface area (TPSA) is 89.8 Å². The van der Waals surface area contributed by atoms with Crippen LogP contribution in [0.25, 0.3) is 0 Å². The van der Waals surface area contributed by atoms with Gasteiger partial charge in [-0.25, -0.2) is 0 Å². The van der Waals surface area contributed by atoms with Crippen molar-refractivity contribution in [2.45, 2.75) is 218 Å². The number of aliphatic hydroxyl groups is 3. The summed E-state index contributed by atoms with van der Waals surface area (Å²) in [5.41, 5.74) is 0. The summed E-state index contributed by atoms with van der Waals surface area (Å²) in [4.78, 5) is 12.3. The third kappa shape index (κ3) is 29.6. The lowest BCUT2D eigenvalue weighted by Gasteiger charge is -2.21. The molecule has 0 bridgehead atoms. The Labute approximate surface area is 268 Å². The standard InChI is InChI=1S/C38H75NO4/c1-3-5-7-9-11-13-14-15-16-17-18-19-20-21-22-23-25-26-28-30-32-36(41)35(34-40)39-38(43)37(42)33-31-29-27-24-12-10-8-6-4-2/h30,32,35-37,40-42H,3-29,31,33-34H2,1-2H3,(H,39,43)/b32-30+. The van der Waals surface area contributed by atoms with Crippen molar-refractivity contribution >= 4 is 5.91 Å². The second-order valence-corrected chi connectivity index (χ2v) is 13.1. The molecule has 43 heavy (non-hydrogen) atoms. The fraction of sp³-hybridized carbons (Fsp3) is 0.921. The zero-order valence-electron chi connectivity index (χ0n) is 28.8. The normalized spacial score (nSPS) is 13.9. The van der Waals surface area contributed by atoms with Gasteiger partial charge in [0.15, 0.2) is 0 Å². The maximum atomic E-state index is 12.3. The van der Waals surface area contributed by atoms with Crippen molar-refractivity contribution in [2.75, 3.05) is 6.61 Å². The Morgan fingerprint density at radius 2 is 0.907 bits per heavy atom. The molecule has 3 atom stereocenters. The van der Waals surface area contributed by atoms with Gasteiger partial charge in [0.05, 0.1) is 18.8 Å². The summed E-state index contributed by atoms with van der Waals surface area (Å²) in [5, 5.41) is 32.9. The molecule has 0 radical (unpaired) electrons. The number of amides is 1. The number of allylic oxidation sites excluding steroid dienone is 1. The first kappa shape index (κ1) is 42.1. The van der Waals surface area contributed by atoms with Gasteiger partial charge in [0, 0.05) is 0 Å². The molecule has 0 aromatic rings. The number of carbonyl (C=O) groups is 1. The molecular formula is C38H75NO4. The van der Waals surface area contributed by atoms with Crippen LogP contribution in [0.4, 0.5) is 0 Å². The number of hydrogen-bond donors (Lipinski definition) is 4. The van der Waals surface area contributed by atoms with Gasteiger partial charge < -0.3 is 20.6 Å². The van der Waals surface area contributed by atoms with Crippen LogP contribution in [0.2, 0.25) is 0 Å². The Bertz CT molecular complexity index is 596. The van der Waals surface area contributed by atoms with Gasteiger partial charge in [-0.15, -0.1) is 0 Å². The third-order valence-electron chi connectivity index (χ3n) is 8.88. The minimum atomic E-state index is -1.09. The van der Waals surface area contributed by atoms with Crippen molar-refractivity contribution in [2.24, 2.45) is 0 Å². The van der Waals surface area contributed by atoms with Crippen molar-refractivity contribution in [3.05, 3.63) is 12.2 Å². The summed E-state index contributed by atoms with van der Waals surface area (Å²) < 4.78 is 0. The maximum absolute atomic E-state index is 12.3. The fourth-order valence-corrected chi connectivity index (χ4v) is 5.83. The lowest BCUT2D eigenvalue weighted by molar-refractivity contribution is -0.131. The quantitative estimate of drug-likeness (QED) is 0.0432. The summed E-state index contributed by atoms with van der Waals surface area (Å²) >= 11 is 0. The molecule has 0 aromatic heterocycles. The van der Waals surface area contributed by atoms with Crippen LogP contribution in [0.1, 0.15) is 200 Å². The average Bonchev–Trinajstić information content (AvgIpc) is 3.01. The zero-order chi connectivity index (χ0) is 31.6. The lowest BCUT2D eigenvalue weighted by atomic mass is 10.0. The second-order valence-electron chi connectivity index (χ2n) is 13.1. The van der Waals surface area contributed by atoms with E-state index in [-0.39, 0.29) is 6.61 Å². The van der Waals surface area contributed by atoms with Gasteiger partial charge in [-0.1, -0.05) is 193 Å². The van der Waals surface area contributed by atoms with Crippen LogP contribution in [-0.2, 0) is 4.79 Å². The molecule has 0 aliphatic heterocycles. The Hall–Kier alpha value is -0.910. The van der Waals surface area contributed by atoms with Crippen molar-refractivity contribution in [1.29, 1.82) is 0 Å². The van der Waals surface area contributed by atoms with Crippen molar-refractivity contribution < 1.29 is 20.1 Å². The molecule has 0 saturated carbocycles. The van der Waals surface area contributed by atoms with E-state index in [4.69, 9.17) is 0 Å². The number of rotatable bonds is 34. The minimum absolute atomic E-state index is 0.360. The molecule has 5 nitrogen and oxygen atoms in total. The van der Waals surface area contributed by atoms with E-state index < -0.39 is 24.2 Å². The van der Waals surface area contributed by atoms with Crippen LogP contribution in [0.3, 0.4) is 0 Å². The minimum Gasteiger partial charge on any atom is -0.394 e. The molecule has 4 N–H and O–H groups in total. The summed E-state index contributed by atoms with van der Waals surface area (Å²) in [7, 11) is 0. The molecular weight excluding hydrogens is 534 g/mol. The predicted octanol–water partition coefficient (Wildman–Crippen LogP) is 10.1. The molecule has 0 heterocycles. The maximum Gasteiger partial charge on any atom is 0.249 e. The van der Waals surface area contributed by atoms with E-state index >= 15 is 0 Å². The van der Waals surface area contributed by atoms with Crippen molar-refractivity contribution in [3.8, 4) is 0 Å². The molecule has 1 amide bonds. The van der Waals surface area contributed by atoms with E-state index in [1.54, 1.807) is 6.08 Å². The number of unbranched alkanes of at least 4 members (excludes halogenated alkanes) is 26. The summed E-state index contributed by atoms with van der Waals surface area (Å²) in [6.45, 7) is 4.15. The second kappa shape index (κ2) is 34.0. The van der Waals surface area contributed by atoms with E-state index in [0.717, 1.165) is 32.1 Å². The van der Waals surface area contributed by atoms with E-state index in [0.29, 0.717) is 6.42 Å². The van der Waals surface area contributed by atoms with Gasteiger partial charge in [-0.05, 0) is 19.3 Å². The third-order valence-corrected chi connectivity index (χ3v) is 8.88. The molecule has 5 heteroatoms. The van der Waals surface area contributed by atoms with Crippen LogP contribution >= 0.6 is 0 Å². The largest absolute Gasteiger partial charge is 0.394 e. The van der Waals surface area contributed by atoms with Crippen LogP contribution in [-0.4, -0.2) is 46.1 Å². The number of hydrogen-bond acceptors (Lipinski definition) is 4. The van der Waals surface area contributed by atoms with Gasteiger partial charge in [-0.2, -0.15) is 0 Å². The molecule has 0 aliphatic rings. The molecule has 0 spiro atoms. The summed E-state index contributed by atoms with van der Waals surface area (Å²) in [6, 6.07) is -0.790. The average molecular weight is 610 g/mol. The van der Waals surface area contributed by atoms with Crippen LogP contribution < -0.4 is 5.32 Å². The molecule has 0 rings (SSSR count). The highest BCUT2D eigenvalue weighted by Gasteiger charge is 2.22. The van der Waals surface area contributed by atoms with Gasteiger partial charge in [0.25, 0.3) is 0 Å². The van der Waals surface area contributed by atoms with E-state index in [1.165, 1.54) is 148 Å². The predicted molar refractivity (Wildman–Crippen MR) is 185 cm³/mol. The van der Waals surface area contributed by atoms with Crippen LogP contribution in [0.15, 0.2) is 12.2 Å². The van der Waals surface area contributed by atoms with Gasteiger partial charge >= 0.3 is 0 Å². The first-order valence-corrected chi connectivity index (χ1v) is 19.0.